The Morgan fingerprint density at radius 2 is 1.79 bits per heavy atom. The van der Waals surface area contributed by atoms with E-state index in [1.165, 1.54) is 0 Å². The van der Waals surface area contributed by atoms with E-state index in [1.54, 1.807) is 0 Å². The molecule has 1 aliphatic heterocycles. The van der Waals surface area contributed by atoms with Crippen molar-refractivity contribution in [3.8, 4) is 0 Å². The molecule has 1 aliphatic carbocycles. The van der Waals surface area contributed by atoms with Crippen LogP contribution in [0.3, 0.4) is 0 Å². The molecule has 0 saturated carbocycles. The van der Waals surface area contributed by atoms with E-state index >= 15 is 0 Å². The molecule has 2 aromatic carbocycles. The molecule has 5 rings (SSSR count). The van der Waals surface area contributed by atoms with E-state index in [0.717, 1.165) is 44.7 Å². The third-order valence-corrected chi connectivity index (χ3v) is 5.08. The van der Waals surface area contributed by atoms with E-state index in [-0.39, 0.29) is 5.43 Å². The quantitative estimate of drug-likeness (QED) is 0.597. The van der Waals surface area contributed by atoms with E-state index in [2.05, 4.69) is 10.3 Å². The lowest BCUT2D eigenvalue weighted by atomic mass is 9.84. The van der Waals surface area contributed by atoms with Crippen LogP contribution in [0.2, 0.25) is 0 Å². The predicted octanol–water partition coefficient (Wildman–Crippen LogP) is 3.04. The predicted molar refractivity (Wildman–Crippen MR) is 94.0 cm³/mol. The van der Waals surface area contributed by atoms with Crippen LogP contribution in [-0.2, 0) is 12.8 Å². The molecule has 0 amide bonds. The largest absolute Gasteiger partial charge is 0.384 e. The first kappa shape index (κ1) is 13.6. The van der Waals surface area contributed by atoms with Crippen molar-refractivity contribution in [3.05, 3.63) is 86.8 Å². The lowest BCUT2D eigenvalue weighted by molar-refractivity contribution is 0.209. The zero-order chi connectivity index (χ0) is 16.3. The van der Waals surface area contributed by atoms with Gasteiger partial charge in [-0.15, -0.1) is 0 Å². The Kier molecular flexibility index (Phi) is 2.73. The first-order chi connectivity index (χ1) is 11.7. The molecule has 0 bridgehead atoms. The molecule has 1 unspecified atom stereocenters. The maximum absolute atomic E-state index is 12.8. The van der Waals surface area contributed by atoms with E-state index in [4.69, 9.17) is 0 Å². The average molecular weight is 316 g/mol. The highest BCUT2D eigenvalue weighted by atomic mass is 16.3. The van der Waals surface area contributed by atoms with Crippen LogP contribution in [0.4, 0.5) is 5.69 Å². The minimum atomic E-state index is -0.624. The number of rotatable bonds is 0. The zero-order valence-corrected chi connectivity index (χ0v) is 13.0. The normalized spacial score (nSPS) is 18.6. The molecular formula is C20H16N2O2. The van der Waals surface area contributed by atoms with Gasteiger partial charge in [-0.3, -0.25) is 4.79 Å². The number of aromatic nitrogens is 1. The smallest absolute Gasteiger partial charge is 0.193 e. The van der Waals surface area contributed by atoms with Crippen molar-refractivity contribution < 1.29 is 5.11 Å². The highest BCUT2D eigenvalue weighted by molar-refractivity contribution is 5.80. The van der Waals surface area contributed by atoms with Crippen LogP contribution < -0.4 is 10.7 Å². The van der Waals surface area contributed by atoms with Crippen molar-refractivity contribution >= 4 is 16.6 Å². The van der Waals surface area contributed by atoms with Crippen molar-refractivity contribution in [3.63, 3.8) is 0 Å². The van der Waals surface area contributed by atoms with E-state index in [9.17, 15) is 9.90 Å². The number of aliphatic hydroxyl groups excluding tert-OH is 1. The molecule has 0 radical (unpaired) electrons. The molecular weight excluding hydrogens is 300 g/mol. The van der Waals surface area contributed by atoms with Crippen LogP contribution in [0.1, 0.15) is 22.9 Å². The Balaban J connectivity index is 1.68. The number of para-hydroxylation sites is 2. The Bertz CT molecular complexity index is 1080. The summed E-state index contributed by atoms with van der Waals surface area (Å²) < 4.78 is 0. The molecule has 0 spiro atoms. The number of pyridine rings is 1. The molecule has 0 fully saturated rings. The molecule has 2 heterocycles. The summed E-state index contributed by atoms with van der Waals surface area (Å²) in [6.45, 7) is 0. The third-order valence-electron chi connectivity index (χ3n) is 5.08. The minimum Gasteiger partial charge on any atom is -0.384 e. The first-order valence-electron chi connectivity index (χ1n) is 8.11. The fourth-order valence-electron chi connectivity index (χ4n) is 3.84. The van der Waals surface area contributed by atoms with Gasteiger partial charge in [0, 0.05) is 51.9 Å². The average Bonchev–Trinajstić information content (AvgIpc) is 2.62. The Morgan fingerprint density at radius 1 is 1.00 bits per heavy atom. The van der Waals surface area contributed by atoms with Crippen LogP contribution in [0, 0.1) is 0 Å². The molecule has 3 N–H and O–H groups in total. The molecule has 3 aromatic rings. The topological polar surface area (TPSA) is 65.1 Å². The monoisotopic (exact) mass is 316 g/mol. The van der Waals surface area contributed by atoms with Crippen molar-refractivity contribution in [1.29, 1.82) is 0 Å². The van der Waals surface area contributed by atoms with Crippen LogP contribution in [0.15, 0.2) is 64.6 Å². The van der Waals surface area contributed by atoms with Crippen molar-refractivity contribution in [2.24, 2.45) is 0 Å². The van der Waals surface area contributed by atoms with Crippen LogP contribution >= 0.6 is 0 Å². The summed E-state index contributed by atoms with van der Waals surface area (Å²) in [5.74, 6) is 0. The first-order valence-corrected chi connectivity index (χ1v) is 8.11. The maximum atomic E-state index is 12.8. The highest BCUT2D eigenvalue weighted by Gasteiger charge is 2.31. The number of aliphatic hydroxyl groups is 1. The Hall–Kier alpha value is -2.85. The minimum absolute atomic E-state index is 0.0843. The van der Waals surface area contributed by atoms with Gasteiger partial charge in [0.05, 0.1) is 0 Å². The molecule has 24 heavy (non-hydrogen) atoms. The number of nitrogens with one attached hydrogen (secondary N) is 2. The van der Waals surface area contributed by atoms with Gasteiger partial charge in [0.15, 0.2) is 5.43 Å². The third kappa shape index (κ3) is 1.80. The highest BCUT2D eigenvalue weighted by Crippen LogP contribution is 2.40. The van der Waals surface area contributed by atoms with Crippen molar-refractivity contribution in [2.45, 2.75) is 18.9 Å². The number of anilines is 1. The van der Waals surface area contributed by atoms with Crippen molar-refractivity contribution in [2.75, 3.05) is 5.32 Å². The van der Waals surface area contributed by atoms with Gasteiger partial charge < -0.3 is 15.4 Å². The van der Waals surface area contributed by atoms with E-state index in [1.807, 2.05) is 48.5 Å². The number of hydrogen-bond acceptors (Lipinski definition) is 3. The lowest BCUT2D eigenvalue weighted by Crippen LogP contribution is -2.28. The molecule has 0 saturated heterocycles. The number of H-pyrrole nitrogens is 1. The van der Waals surface area contributed by atoms with Gasteiger partial charge in [-0.25, -0.2) is 0 Å². The van der Waals surface area contributed by atoms with Gasteiger partial charge in [-0.2, -0.15) is 0 Å². The zero-order valence-electron chi connectivity index (χ0n) is 13.0. The second kappa shape index (κ2) is 4.82. The van der Waals surface area contributed by atoms with Gasteiger partial charge in [0.25, 0.3) is 0 Å². The van der Waals surface area contributed by atoms with Gasteiger partial charge in [0.1, 0.15) is 6.10 Å². The van der Waals surface area contributed by atoms with Crippen LogP contribution in [-0.4, -0.2) is 10.1 Å². The fraction of sp³-hybridized carbons (Fsp3) is 0.150. The van der Waals surface area contributed by atoms with E-state index < -0.39 is 6.10 Å². The number of hydrogen-bond donors (Lipinski definition) is 3. The Morgan fingerprint density at radius 3 is 2.71 bits per heavy atom. The number of aromatic amines is 1. The van der Waals surface area contributed by atoms with Crippen LogP contribution in [0.25, 0.3) is 10.9 Å². The molecule has 118 valence electrons. The molecule has 4 heteroatoms. The summed E-state index contributed by atoms with van der Waals surface area (Å²) >= 11 is 0. The number of fused-ring (bicyclic) bond motifs is 3. The SMILES string of the molecule is O=c1c2c([nH]c3ccccc13)CC1=C(C2)Nc2ccccc2C1O. The molecule has 4 nitrogen and oxygen atoms in total. The molecule has 2 aliphatic rings. The summed E-state index contributed by atoms with van der Waals surface area (Å²) in [7, 11) is 0. The summed E-state index contributed by atoms with van der Waals surface area (Å²) in [5.41, 5.74) is 6.36. The molecule has 1 aromatic heterocycles. The lowest BCUT2D eigenvalue weighted by Gasteiger charge is -2.32. The summed E-state index contributed by atoms with van der Waals surface area (Å²) in [4.78, 5) is 16.2. The van der Waals surface area contributed by atoms with E-state index in [0.29, 0.717) is 12.8 Å². The second-order valence-corrected chi connectivity index (χ2v) is 6.43. The second-order valence-electron chi connectivity index (χ2n) is 6.43. The summed E-state index contributed by atoms with van der Waals surface area (Å²) in [6, 6.07) is 15.4. The summed E-state index contributed by atoms with van der Waals surface area (Å²) in [5, 5.41) is 14.9. The van der Waals surface area contributed by atoms with Gasteiger partial charge in [-0.05, 0) is 23.8 Å². The van der Waals surface area contributed by atoms with Gasteiger partial charge in [0.2, 0.25) is 0 Å². The fourth-order valence-corrected chi connectivity index (χ4v) is 3.84. The van der Waals surface area contributed by atoms with Gasteiger partial charge >= 0.3 is 0 Å². The Labute approximate surface area is 138 Å². The summed E-state index contributed by atoms with van der Waals surface area (Å²) in [6.07, 6.45) is 0.462. The number of benzene rings is 2. The molecule has 1 atom stereocenters. The van der Waals surface area contributed by atoms with Crippen LogP contribution in [0.5, 0.6) is 0 Å². The standard InChI is InChI=1S/C20H16N2O2/c23-19-11-5-1-3-7-15(11)21-17-10-14-18(9-13(17)19)22-16-8-4-2-6-12(16)20(14)24/h1-8,19,21,23H,9-10H2,(H,22,24). The van der Waals surface area contributed by atoms with Crippen molar-refractivity contribution in [1.82, 2.24) is 4.98 Å². The van der Waals surface area contributed by atoms with Gasteiger partial charge in [-0.1, -0.05) is 30.3 Å². The number of allylic oxidation sites excluding steroid dienone is 1. The maximum Gasteiger partial charge on any atom is 0.193 e.